The van der Waals surface area contributed by atoms with Crippen molar-refractivity contribution in [2.75, 3.05) is 7.11 Å². The van der Waals surface area contributed by atoms with Crippen molar-refractivity contribution in [3.8, 4) is 11.8 Å². The molecule has 1 aromatic carbocycles. The van der Waals surface area contributed by atoms with Crippen LogP contribution in [0.15, 0.2) is 24.3 Å². The summed E-state index contributed by atoms with van der Waals surface area (Å²) >= 11 is 0. The maximum absolute atomic E-state index is 10.8. The van der Waals surface area contributed by atoms with Crippen molar-refractivity contribution in [3.63, 3.8) is 0 Å². The highest BCUT2D eigenvalue weighted by Crippen LogP contribution is 2.44. The van der Waals surface area contributed by atoms with Crippen molar-refractivity contribution in [3.05, 3.63) is 29.8 Å². The Morgan fingerprint density at radius 1 is 1.20 bits per heavy atom. The third kappa shape index (κ3) is 3.13. The fraction of sp³-hybridized carbons (Fsp3) is 0.588. The fourth-order valence-corrected chi connectivity index (χ4v) is 3.11. The van der Waals surface area contributed by atoms with Crippen LogP contribution < -0.4 is 4.74 Å². The molecule has 1 saturated carbocycles. The lowest BCUT2D eigenvalue weighted by Gasteiger charge is -2.33. The van der Waals surface area contributed by atoms with Gasteiger partial charge in [-0.1, -0.05) is 44.2 Å². The normalized spacial score (nSPS) is 20.2. The van der Waals surface area contributed by atoms with Gasteiger partial charge in [-0.05, 0) is 30.5 Å². The molecule has 1 atom stereocenters. The Bertz CT molecular complexity index is 470. The summed E-state index contributed by atoms with van der Waals surface area (Å²) in [5.41, 5.74) is 0.138. The lowest BCUT2D eigenvalue weighted by atomic mass is 9.71. The van der Waals surface area contributed by atoms with Crippen molar-refractivity contribution < 1.29 is 9.84 Å². The van der Waals surface area contributed by atoms with Crippen LogP contribution in [0.3, 0.4) is 0 Å². The van der Waals surface area contributed by atoms with E-state index in [2.05, 4.69) is 6.07 Å². The van der Waals surface area contributed by atoms with Gasteiger partial charge in [0, 0.05) is 0 Å². The summed E-state index contributed by atoms with van der Waals surface area (Å²) in [6.45, 7) is 0. The molecule has 1 unspecified atom stereocenters. The Labute approximate surface area is 121 Å². The third-order valence-electron chi connectivity index (χ3n) is 4.40. The molecule has 1 aliphatic carbocycles. The molecule has 0 amide bonds. The zero-order valence-electron chi connectivity index (χ0n) is 12.1. The van der Waals surface area contributed by atoms with Crippen LogP contribution in [-0.4, -0.2) is 12.2 Å². The Kier molecular flexibility index (Phi) is 5.03. The smallest absolute Gasteiger partial charge is 0.119 e. The molecule has 108 valence electrons. The van der Waals surface area contributed by atoms with E-state index in [1.165, 1.54) is 6.42 Å². The molecule has 1 aromatic rings. The first kappa shape index (κ1) is 14.9. The summed E-state index contributed by atoms with van der Waals surface area (Å²) in [6, 6.07) is 9.87. The summed E-state index contributed by atoms with van der Waals surface area (Å²) in [6.07, 6.45) is 6.44. The SMILES string of the molecule is COc1cccc(C(O)C2(C#N)CCCCCCC2)c1. The van der Waals surface area contributed by atoms with Gasteiger partial charge < -0.3 is 9.84 Å². The summed E-state index contributed by atoms with van der Waals surface area (Å²) in [4.78, 5) is 0. The van der Waals surface area contributed by atoms with Crippen LogP contribution in [0.2, 0.25) is 0 Å². The van der Waals surface area contributed by atoms with E-state index in [4.69, 9.17) is 4.74 Å². The first-order valence-corrected chi connectivity index (χ1v) is 7.45. The quantitative estimate of drug-likeness (QED) is 0.906. The number of hydrogen-bond acceptors (Lipinski definition) is 3. The van der Waals surface area contributed by atoms with Crippen molar-refractivity contribution in [1.82, 2.24) is 0 Å². The minimum Gasteiger partial charge on any atom is -0.497 e. The number of ether oxygens (including phenoxy) is 1. The zero-order valence-corrected chi connectivity index (χ0v) is 12.1. The molecule has 0 aromatic heterocycles. The van der Waals surface area contributed by atoms with E-state index in [1.807, 2.05) is 24.3 Å². The average molecular weight is 273 g/mol. The Morgan fingerprint density at radius 3 is 2.45 bits per heavy atom. The Morgan fingerprint density at radius 2 is 1.85 bits per heavy atom. The highest BCUT2D eigenvalue weighted by atomic mass is 16.5. The highest BCUT2D eigenvalue weighted by molar-refractivity contribution is 5.32. The molecule has 0 radical (unpaired) electrons. The predicted octanol–water partition coefficient (Wildman–Crippen LogP) is 3.98. The predicted molar refractivity (Wildman–Crippen MR) is 78.3 cm³/mol. The largest absolute Gasteiger partial charge is 0.497 e. The van der Waals surface area contributed by atoms with Gasteiger partial charge in [0.1, 0.15) is 5.75 Å². The van der Waals surface area contributed by atoms with Crippen LogP contribution in [0, 0.1) is 16.7 Å². The minimum absolute atomic E-state index is 0.646. The van der Waals surface area contributed by atoms with Gasteiger partial charge in [-0.25, -0.2) is 0 Å². The number of aliphatic hydroxyl groups excluding tert-OH is 1. The van der Waals surface area contributed by atoms with E-state index in [9.17, 15) is 10.4 Å². The van der Waals surface area contributed by atoms with Gasteiger partial charge in [-0.2, -0.15) is 5.26 Å². The molecule has 3 nitrogen and oxygen atoms in total. The number of nitriles is 1. The molecular formula is C17H23NO2. The van der Waals surface area contributed by atoms with Crippen LogP contribution in [0.5, 0.6) is 5.75 Å². The third-order valence-corrected chi connectivity index (χ3v) is 4.40. The molecule has 1 N–H and O–H groups in total. The molecule has 0 spiro atoms. The second-order valence-electron chi connectivity index (χ2n) is 5.71. The molecule has 0 heterocycles. The van der Waals surface area contributed by atoms with Gasteiger partial charge in [0.05, 0.1) is 24.7 Å². The first-order valence-electron chi connectivity index (χ1n) is 7.45. The Balaban J connectivity index is 2.26. The summed E-state index contributed by atoms with van der Waals surface area (Å²) in [5, 5.41) is 20.4. The lowest BCUT2D eigenvalue weighted by molar-refractivity contribution is 0.0433. The van der Waals surface area contributed by atoms with Crippen LogP contribution in [-0.2, 0) is 0 Å². The molecule has 0 saturated heterocycles. The van der Waals surface area contributed by atoms with E-state index >= 15 is 0 Å². The van der Waals surface area contributed by atoms with Crippen molar-refractivity contribution in [1.29, 1.82) is 5.26 Å². The molecule has 20 heavy (non-hydrogen) atoms. The van der Waals surface area contributed by atoms with Crippen molar-refractivity contribution in [2.24, 2.45) is 5.41 Å². The van der Waals surface area contributed by atoms with Crippen molar-refractivity contribution >= 4 is 0 Å². The van der Waals surface area contributed by atoms with Gasteiger partial charge in [-0.15, -0.1) is 0 Å². The number of methoxy groups -OCH3 is 1. The van der Waals surface area contributed by atoms with E-state index < -0.39 is 11.5 Å². The van der Waals surface area contributed by atoms with Crippen LogP contribution >= 0.6 is 0 Å². The molecule has 1 fully saturated rings. The molecule has 0 bridgehead atoms. The van der Waals surface area contributed by atoms with Gasteiger partial charge in [0.25, 0.3) is 0 Å². The number of rotatable bonds is 3. The molecule has 0 aliphatic heterocycles. The van der Waals surface area contributed by atoms with Gasteiger partial charge >= 0.3 is 0 Å². The van der Waals surface area contributed by atoms with E-state index in [0.717, 1.165) is 49.8 Å². The first-order chi connectivity index (χ1) is 9.72. The maximum atomic E-state index is 10.8. The summed E-state index contributed by atoms with van der Waals surface area (Å²) in [7, 11) is 1.61. The second-order valence-corrected chi connectivity index (χ2v) is 5.71. The zero-order chi connectivity index (χ0) is 14.4. The van der Waals surface area contributed by atoms with Crippen molar-refractivity contribution in [2.45, 2.75) is 51.0 Å². The monoisotopic (exact) mass is 273 g/mol. The average Bonchev–Trinajstić information content (AvgIpc) is 2.47. The number of aliphatic hydroxyl groups is 1. The number of benzene rings is 1. The van der Waals surface area contributed by atoms with Gasteiger partial charge in [0.2, 0.25) is 0 Å². The van der Waals surface area contributed by atoms with Crippen LogP contribution in [0.25, 0.3) is 0 Å². The summed E-state index contributed by atoms with van der Waals surface area (Å²) in [5.74, 6) is 0.723. The maximum Gasteiger partial charge on any atom is 0.119 e. The van der Waals surface area contributed by atoms with Gasteiger partial charge in [-0.3, -0.25) is 0 Å². The van der Waals surface area contributed by atoms with Crippen LogP contribution in [0.1, 0.15) is 56.6 Å². The molecular weight excluding hydrogens is 250 g/mol. The minimum atomic E-state index is -0.735. The number of nitrogens with zero attached hydrogens (tertiary/aromatic N) is 1. The van der Waals surface area contributed by atoms with Crippen LogP contribution in [0.4, 0.5) is 0 Å². The Hall–Kier alpha value is -1.53. The van der Waals surface area contributed by atoms with E-state index in [0.29, 0.717) is 0 Å². The second kappa shape index (κ2) is 6.76. The number of hydrogen-bond donors (Lipinski definition) is 1. The van der Waals surface area contributed by atoms with Gasteiger partial charge in [0.15, 0.2) is 0 Å². The highest BCUT2D eigenvalue weighted by Gasteiger charge is 2.38. The molecule has 1 aliphatic rings. The topological polar surface area (TPSA) is 53.2 Å². The van der Waals surface area contributed by atoms with E-state index in [-0.39, 0.29) is 0 Å². The van der Waals surface area contributed by atoms with E-state index in [1.54, 1.807) is 7.11 Å². The molecule has 3 heteroatoms. The molecule has 2 rings (SSSR count). The fourth-order valence-electron chi connectivity index (χ4n) is 3.11. The summed E-state index contributed by atoms with van der Waals surface area (Å²) < 4.78 is 5.21. The standard InChI is InChI=1S/C17H23NO2/c1-20-15-9-7-8-14(12-15)16(19)17(13-18)10-5-3-2-4-6-11-17/h7-9,12,16,19H,2-6,10-11H2,1H3. The lowest BCUT2D eigenvalue weighted by Crippen LogP contribution is -2.28.